The third-order valence-electron chi connectivity index (χ3n) is 5.31. The van der Waals surface area contributed by atoms with Gasteiger partial charge in [-0.2, -0.15) is 0 Å². The zero-order valence-electron chi connectivity index (χ0n) is 14.9. The van der Waals surface area contributed by atoms with Gasteiger partial charge in [0.1, 0.15) is 0 Å². The minimum absolute atomic E-state index is 0.0498. The van der Waals surface area contributed by atoms with Crippen LogP contribution in [0.15, 0.2) is 52.9 Å². The number of aliphatic hydroxyl groups excluding tert-OH is 1. The molecule has 0 fully saturated rings. The van der Waals surface area contributed by atoms with Crippen LogP contribution in [0.3, 0.4) is 0 Å². The Hall–Kier alpha value is -2.50. The first-order valence-electron chi connectivity index (χ1n) is 9.00. The molecule has 4 rings (SSSR count). The summed E-state index contributed by atoms with van der Waals surface area (Å²) in [5, 5.41) is 21.8. The molecular weight excluding hydrogens is 326 g/mol. The molecule has 0 radical (unpaired) electrons. The lowest BCUT2D eigenvalue weighted by Gasteiger charge is -2.29. The van der Waals surface area contributed by atoms with Crippen molar-refractivity contribution in [1.29, 1.82) is 0 Å². The van der Waals surface area contributed by atoms with Crippen LogP contribution in [0.5, 0.6) is 0 Å². The number of hydrogen-bond acceptors (Lipinski definition) is 5. The molecule has 1 aliphatic rings. The van der Waals surface area contributed by atoms with E-state index >= 15 is 0 Å². The molecule has 1 atom stereocenters. The first kappa shape index (κ1) is 16.9. The average molecular weight is 349 g/mol. The van der Waals surface area contributed by atoms with Crippen LogP contribution in [0, 0.1) is 6.92 Å². The molecule has 2 N–H and O–H groups in total. The van der Waals surface area contributed by atoms with Crippen molar-refractivity contribution in [3.8, 4) is 0 Å². The van der Waals surface area contributed by atoms with Crippen molar-refractivity contribution < 1.29 is 9.52 Å². The second kappa shape index (κ2) is 7.02. The Bertz CT molecular complexity index is 906. The van der Waals surface area contributed by atoms with E-state index in [4.69, 9.17) is 4.42 Å². The molecular formula is C21H23N3O2. The van der Waals surface area contributed by atoms with E-state index in [1.165, 1.54) is 22.3 Å². The summed E-state index contributed by atoms with van der Waals surface area (Å²) in [6.07, 6.45) is 2.47. The lowest BCUT2D eigenvalue weighted by Crippen LogP contribution is -2.43. The molecule has 0 aliphatic heterocycles. The minimum atomic E-state index is -0.429. The van der Waals surface area contributed by atoms with Crippen molar-refractivity contribution in [2.24, 2.45) is 0 Å². The van der Waals surface area contributed by atoms with Gasteiger partial charge in [-0.25, -0.2) is 0 Å². The molecule has 2 aromatic carbocycles. The van der Waals surface area contributed by atoms with Gasteiger partial charge in [0, 0.05) is 0 Å². The van der Waals surface area contributed by atoms with Crippen LogP contribution in [0.25, 0.3) is 0 Å². The van der Waals surface area contributed by atoms with Crippen LogP contribution in [0.4, 0.5) is 0 Å². The molecule has 5 heteroatoms. The van der Waals surface area contributed by atoms with Gasteiger partial charge in [-0.05, 0) is 42.0 Å². The standard InChI is InChI=1S/C21H23N3O2/c1-15-6-2-3-8-17(15)12-19-23-24-20(26-19)13-22-21(14-25)11-10-16-7-4-5-9-18(16)21/h2-9,22,25H,10-14H2,1H3. The number of rotatable bonds is 6. The van der Waals surface area contributed by atoms with Crippen molar-refractivity contribution >= 4 is 0 Å². The summed E-state index contributed by atoms with van der Waals surface area (Å²) in [5.74, 6) is 1.16. The molecule has 3 aromatic rings. The maximum Gasteiger partial charge on any atom is 0.230 e. The maximum atomic E-state index is 10.0. The van der Waals surface area contributed by atoms with Gasteiger partial charge in [0.15, 0.2) is 0 Å². The topological polar surface area (TPSA) is 71.2 Å². The van der Waals surface area contributed by atoms with Gasteiger partial charge in [-0.1, -0.05) is 48.5 Å². The molecule has 1 heterocycles. The van der Waals surface area contributed by atoms with Crippen LogP contribution >= 0.6 is 0 Å². The van der Waals surface area contributed by atoms with E-state index in [9.17, 15) is 5.11 Å². The molecule has 1 aromatic heterocycles. The smallest absolute Gasteiger partial charge is 0.230 e. The maximum absolute atomic E-state index is 10.0. The molecule has 0 bridgehead atoms. The van der Waals surface area contributed by atoms with E-state index in [0.29, 0.717) is 24.7 Å². The van der Waals surface area contributed by atoms with E-state index < -0.39 is 5.54 Å². The van der Waals surface area contributed by atoms with Gasteiger partial charge in [0.05, 0.1) is 25.1 Å². The Morgan fingerprint density at radius 3 is 2.69 bits per heavy atom. The first-order valence-corrected chi connectivity index (χ1v) is 9.00. The van der Waals surface area contributed by atoms with Crippen LogP contribution in [-0.2, 0) is 24.9 Å². The molecule has 1 aliphatic carbocycles. The minimum Gasteiger partial charge on any atom is -0.424 e. The third-order valence-corrected chi connectivity index (χ3v) is 5.31. The molecule has 1 unspecified atom stereocenters. The number of aliphatic hydroxyl groups is 1. The largest absolute Gasteiger partial charge is 0.424 e. The fourth-order valence-corrected chi connectivity index (χ4v) is 3.74. The van der Waals surface area contributed by atoms with Gasteiger partial charge < -0.3 is 9.52 Å². The Balaban J connectivity index is 1.46. The highest BCUT2D eigenvalue weighted by atomic mass is 16.4. The van der Waals surface area contributed by atoms with Crippen LogP contribution < -0.4 is 5.32 Å². The second-order valence-corrected chi connectivity index (χ2v) is 6.94. The van der Waals surface area contributed by atoms with Crippen molar-refractivity contribution in [2.75, 3.05) is 6.61 Å². The zero-order valence-corrected chi connectivity index (χ0v) is 14.9. The Kier molecular flexibility index (Phi) is 4.57. The predicted octanol–water partition coefficient (Wildman–Crippen LogP) is 2.89. The Labute approximate surface area is 153 Å². The fraction of sp³-hybridized carbons (Fsp3) is 0.333. The number of aromatic nitrogens is 2. The number of nitrogens with zero attached hydrogens (tertiary/aromatic N) is 2. The summed E-state index contributed by atoms with van der Waals surface area (Å²) in [4.78, 5) is 0. The molecule has 26 heavy (non-hydrogen) atoms. The molecule has 0 amide bonds. The summed E-state index contributed by atoms with van der Waals surface area (Å²) >= 11 is 0. The van der Waals surface area contributed by atoms with Crippen LogP contribution in [-0.4, -0.2) is 21.9 Å². The average Bonchev–Trinajstić information content (AvgIpc) is 3.27. The summed E-state index contributed by atoms with van der Waals surface area (Å²) in [6.45, 7) is 2.57. The monoisotopic (exact) mass is 349 g/mol. The predicted molar refractivity (Wildman–Crippen MR) is 98.6 cm³/mol. The lowest BCUT2D eigenvalue weighted by molar-refractivity contribution is 0.155. The van der Waals surface area contributed by atoms with Gasteiger partial charge in [-0.15, -0.1) is 10.2 Å². The van der Waals surface area contributed by atoms with Gasteiger partial charge in [0.2, 0.25) is 11.8 Å². The molecule has 5 nitrogen and oxygen atoms in total. The van der Waals surface area contributed by atoms with Crippen LogP contribution in [0.1, 0.15) is 40.5 Å². The van der Waals surface area contributed by atoms with E-state index in [-0.39, 0.29) is 6.61 Å². The first-order chi connectivity index (χ1) is 12.7. The van der Waals surface area contributed by atoms with E-state index in [1.807, 2.05) is 24.3 Å². The van der Waals surface area contributed by atoms with Crippen molar-refractivity contribution in [3.05, 3.63) is 82.6 Å². The summed E-state index contributed by atoms with van der Waals surface area (Å²) < 4.78 is 5.81. The van der Waals surface area contributed by atoms with Gasteiger partial charge in [0.25, 0.3) is 0 Å². The highest BCUT2D eigenvalue weighted by Crippen LogP contribution is 2.36. The molecule has 0 spiro atoms. The van der Waals surface area contributed by atoms with Gasteiger partial charge in [-0.3, -0.25) is 5.32 Å². The number of fused-ring (bicyclic) bond motifs is 1. The quantitative estimate of drug-likeness (QED) is 0.716. The number of nitrogens with one attached hydrogen (secondary N) is 1. The SMILES string of the molecule is Cc1ccccc1Cc1nnc(CNC2(CO)CCc3ccccc32)o1. The molecule has 0 saturated heterocycles. The fourth-order valence-electron chi connectivity index (χ4n) is 3.74. The van der Waals surface area contributed by atoms with E-state index in [0.717, 1.165) is 12.8 Å². The lowest BCUT2D eigenvalue weighted by atomic mass is 9.92. The highest BCUT2D eigenvalue weighted by Gasteiger charge is 2.37. The molecule has 0 saturated carbocycles. The normalized spacial score (nSPS) is 18.8. The second-order valence-electron chi connectivity index (χ2n) is 6.94. The van der Waals surface area contributed by atoms with Crippen molar-refractivity contribution in [1.82, 2.24) is 15.5 Å². The number of hydrogen-bond donors (Lipinski definition) is 2. The summed E-state index contributed by atoms with van der Waals surface area (Å²) in [7, 11) is 0. The number of aryl methyl sites for hydroxylation is 2. The Morgan fingerprint density at radius 2 is 1.85 bits per heavy atom. The summed E-state index contributed by atoms with van der Waals surface area (Å²) in [5.41, 5.74) is 4.43. The zero-order chi connectivity index (χ0) is 18.0. The van der Waals surface area contributed by atoms with Crippen LogP contribution in [0.2, 0.25) is 0 Å². The Morgan fingerprint density at radius 1 is 1.08 bits per heavy atom. The van der Waals surface area contributed by atoms with E-state index in [1.54, 1.807) is 0 Å². The number of benzene rings is 2. The van der Waals surface area contributed by atoms with Gasteiger partial charge >= 0.3 is 0 Å². The van der Waals surface area contributed by atoms with Crippen molar-refractivity contribution in [2.45, 2.75) is 38.3 Å². The third kappa shape index (κ3) is 3.16. The van der Waals surface area contributed by atoms with E-state index in [2.05, 4.69) is 46.7 Å². The van der Waals surface area contributed by atoms with Crippen molar-refractivity contribution in [3.63, 3.8) is 0 Å². The molecule has 134 valence electrons. The summed E-state index contributed by atoms with van der Waals surface area (Å²) in [6, 6.07) is 16.5. The highest BCUT2D eigenvalue weighted by molar-refractivity contribution is 5.38.